The van der Waals surface area contributed by atoms with Crippen LogP contribution in [0.5, 0.6) is 5.75 Å². The van der Waals surface area contributed by atoms with Gasteiger partial charge < -0.3 is 9.64 Å². The van der Waals surface area contributed by atoms with Crippen LogP contribution in [0.15, 0.2) is 18.2 Å². The summed E-state index contributed by atoms with van der Waals surface area (Å²) in [6.45, 7) is 7.74. The maximum Gasteiger partial charge on any atom is 0.222 e. The fourth-order valence-corrected chi connectivity index (χ4v) is 3.15. The minimum absolute atomic E-state index is 0.223. The van der Waals surface area contributed by atoms with Crippen LogP contribution in [0.1, 0.15) is 42.9 Å². The van der Waals surface area contributed by atoms with Gasteiger partial charge in [-0.05, 0) is 43.2 Å². The number of benzene rings is 1. The lowest BCUT2D eigenvalue weighted by molar-refractivity contribution is -0.133. The Bertz CT molecular complexity index is 595. The second-order valence-electron chi connectivity index (χ2n) is 6.21. The van der Waals surface area contributed by atoms with Crippen LogP contribution < -0.4 is 4.74 Å². The Hall–Kier alpha value is -1.77. The van der Waals surface area contributed by atoms with Gasteiger partial charge in [0, 0.05) is 37.9 Å². The zero-order valence-corrected chi connectivity index (χ0v) is 13.1. The largest absolute Gasteiger partial charge is 0.482 e. The van der Waals surface area contributed by atoms with Gasteiger partial charge in [-0.2, -0.15) is 0 Å². The number of piperidine rings is 1. The molecule has 3 rings (SSSR count). The predicted molar refractivity (Wildman–Crippen MR) is 84.4 cm³/mol. The predicted octanol–water partition coefficient (Wildman–Crippen LogP) is 3.48. The molecule has 2 aliphatic heterocycles. The summed E-state index contributed by atoms with van der Waals surface area (Å²) in [6, 6.07) is 4.32. The van der Waals surface area contributed by atoms with E-state index in [1.807, 2.05) is 11.8 Å². The molecule has 0 aromatic heterocycles. The SMILES string of the molecule is CCC(=O)N1CCC2(C=Cc3cc(C)c(C)cc3O2)CC1. The van der Waals surface area contributed by atoms with Crippen LogP contribution in [0, 0.1) is 13.8 Å². The number of likely N-dealkylation sites (tertiary alicyclic amines) is 1. The van der Waals surface area contributed by atoms with Crippen molar-refractivity contribution in [3.63, 3.8) is 0 Å². The number of nitrogens with zero attached hydrogens (tertiary/aromatic N) is 1. The molecule has 0 radical (unpaired) electrons. The van der Waals surface area contributed by atoms with E-state index in [1.165, 1.54) is 11.1 Å². The highest BCUT2D eigenvalue weighted by Gasteiger charge is 2.37. The van der Waals surface area contributed by atoms with Crippen molar-refractivity contribution in [3.8, 4) is 5.75 Å². The second-order valence-corrected chi connectivity index (χ2v) is 6.21. The van der Waals surface area contributed by atoms with Gasteiger partial charge in [0.15, 0.2) is 0 Å². The van der Waals surface area contributed by atoms with Crippen molar-refractivity contribution in [1.29, 1.82) is 0 Å². The molecule has 1 spiro atoms. The van der Waals surface area contributed by atoms with Gasteiger partial charge in [-0.15, -0.1) is 0 Å². The minimum atomic E-state index is -0.223. The first kappa shape index (κ1) is 14.2. The number of carbonyl (C=O) groups excluding carboxylic acids is 1. The molecule has 0 saturated carbocycles. The highest BCUT2D eigenvalue weighted by molar-refractivity contribution is 5.76. The van der Waals surface area contributed by atoms with E-state index in [0.717, 1.165) is 37.2 Å². The van der Waals surface area contributed by atoms with E-state index in [-0.39, 0.29) is 11.5 Å². The van der Waals surface area contributed by atoms with E-state index in [2.05, 4.69) is 38.1 Å². The maximum absolute atomic E-state index is 11.8. The first-order chi connectivity index (χ1) is 10.0. The van der Waals surface area contributed by atoms with Crippen molar-refractivity contribution in [2.24, 2.45) is 0 Å². The Balaban J connectivity index is 1.78. The van der Waals surface area contributed by atoms with Gasteiger partial charge in [-0.25, -0.2) is 0 Å². The summed E-state index contributed by atoms with van der Waals surface area (Å²) < 4.78 is 6.33. The fraction of sp³-hybridized carbons (Fsp3) is 0.500. The van der Waals surface area contributed by atoms with E-state index >= 15 is 0 Å². The zero-order valence-electron chi connectivity index (χ0n) is 13.1. The van der Waals surface area contributed by atoms with Crippen LogP contribution in [0.2, 0.25) is 0 Å². The van der Waals surface area contributed by atoms with Gasteiger partial charge in [0.2, 0.25) is 5.91 Å². The fourth-order valence-electron chi connectivity index (χ4n) is 3.15. The van der Waals surface area contributed by atoms with Gasteiger partial charge in [0.25, 0.3) is 0 Å². The van der Waals surface area contributed by atoms with Crippen LogP contribution in [0.4, 0.5) is 0 Å². The number of hydrogen-bond acceptors (Lipinski definition) is 2. The first-order valence-electron chi connectivity index (χ1n) is 7.80. The highest BCUT2D eigenvalue weighted by atomic mass is 16.5. The molecule has 0 atom stereocenters. The van der Waals surface area contributed by atoms with E-state index < -0.39 is 0 Å². The lowest BCUT2D eigenvalue weighted by Crippen LogP contribution is -2.49. The molecule has 0 N–H and O–H groups in total. The molecule has 21 heavy (non-hydrogen) atoms. The smallest absolute Gasteiger partial charge is 0.222 e. The summed E-state index contributed by atoms with van der Waals surface area (Å²) in [4.78, 5) is 13.7. The molecule has 2 heterocycles. The quantitative estimate of drug-likeness (QED) is 0.790. The van der Waals surface area contributed by atoms with Gasteiger partial charge in [-0.1, -0.05) is 13.0 Å². The number of fused-ring (bicyclic) bond motifs is 1. The number of carbonyl (C=O) groups is 1. The molecule has 1 aromatic rings. The summed E-state index contributed by atoms with van der Waals surface area (Å²) in [6.07, 6.45) is 6.72. The van der Waals surface area contributed by atoms with Crippen LogP contribution in [0.3, 0.4) is 0 Å². The van der Waals surface area contributed by atoms with E-state index in [9.17, 15) is 4.79 Å². The van der Waals surface area contributed by atoms with Crippen LogP contribution in [-0.4, -0.2) is 29.5 Å². The normalized spacial score (nSPS) is 19.3. The molecule has 0 bridgehead atoms. The van der Waals surface area contributed by atoms with Crippen molar-refractivity contribution in [2.75, 3.05) is 13.1 Å². The molecule has 1 amide bonds. The van der Waals surface area contributed by atoms with Crippen molar-refractivity contribution in [1.82, 2.24) is 4.90 Å². The lowest BCUT2D eigenvalue weighted by Gasteiger charge is -2.42. The minimum Gasteiger partial charge on any atom is -0.482 e. The van der Waals surface area contributed by atoms with E-state index in [1.54, 1.807) is 0 Å². The molecule has 1 saturated heterocycles. The zero-order chi connectivity index (χ0) is 15.0. The number of hydrogen-bond donors (Lipinski definition) is 0. The van der Waals surface area contributed by atoms with Crippen LogP contribution >= 0.6 is 0 Å². The number of amides is 1. The number of aryl methyl sites for hydroxylation is 2. The Kier molecular flexibility index (Phi) is 3.52. The third kappa shape index (κ3) is 2.57. The Morgan fingerprint density at radius 1 is 1.24 bits per heavy atom. The van der Waals surface area contributed by atoms with E-state index in [0.29, 0.717) is 6.42 Å². The highest BCUT2D eigenvalue weighted by Crippen LogP contribution is 2.38. The standard InChI is InChI=1S/C18H23NO2/c1-4-17(20)19-9-7-18(8-10-19)6-5-15-11-13(2)14(3)12-16(15)21-18/h5-6,11-12H,4,7-10H2,1-3H3. The molecular formula is C18H23NO2. The molecular weight excluding hydrogens is 262 g/mol. The average molecular weight is 285 g/mol. The van der Waals surface area contributed by atoms with Crippen molar-refractivity contribution < 1.29 is 9.53 Å². The molecule has 1 aromatic carbocycles. The third-order valence-electron chi connectivity index (χ3n) is 4.77. The molecule has 3 heteroatoms. The summed E-state index contributed by atoms with van der Waals surface area (Å²) >= 11 is 0. The molecule has 2 aliphatic rings. The first-order valence-corrected chi connectivity index (χ1v) is 7.80. The average Bonchev–Trinajstić information content (AvgIpc) is 2.49. The van der Waals surface area contributed by atoms with Gasteiger partial charge in [0.05, 0.1) is 0 Å². The number of ether oxygens (including phenoxy) is 1. The Morgan fingerprint density at radius 3 is 2.57 bits per heavy atom. The molecule has 112 valence electrons. The van der Waals surface area contributed by atoms with E-state index in [4.69, 9.17) is 4.74 Å². The van der Waals surface area contributed by atoms with Gasteiger partial charge in [-0.3, -0.25) is 4.79 Å². The molecule has 3 nitrogen and oxygen atoms in total. The van der Waals surface area contributed by atoms with Crippen molar-refractivity contribution in [3.05, 3.63) is 34.9 Å². The summed E-state index contributed by atoms with van der Waals surface area (Å²) in [5.74, 6) is 1.23. The summed E-state index contributed by atoms with van der Waals surface area (Å²) in [7, 11) is 0. The monoisotopic (exact) mass is 285 g/mol. The van der Waals surface area contributed by atoms with Gasteiger partial charge in [0.1, 0.15) is 11.4 Å². The van der Waals surface area contributed by atoms with Crippen LogP contribution in [0.25, 0.3) is 6.08 Å². The molecule has 0 unspecified atom stereocenters. The Morgan fingerprint density at radius 2 is 1.90 bits per heavy atom. The summed E-state index contributed by atoms with van der Waals surface area (Å²) in [5, 5.41) is 0. The molecule has 0 aliphatic carbocycles. The Labute approximate surface area is 126 Å². The van der Waals surface area contributed by atoms with Crippen LogP contribution in [-0.2, 0) is 4.79 Å². The lowest BCUT2D eigenvalue weighted by atomic mass is 9.87. The number of rotatable bonds is 1. The van der Waals surface area contributed by atoms with Crippen molar-refractivity contribution >= 4 is 12.0 Å². The summed E-state index contributed by atoms with van der Waals surface area (Å²) in [5.41, 5.74) is 3.49. The topological polar surface area (TPSA) is 29.5 Å². The molecule has 1 fully saturated rings. The third-order valence-corrected chi connectivity index (χ3v) is 4.77. The maximum atomic E-state index is 11.8. The second kappa shape index (κ2) is 5.21. The van der Waals surface area contributed by atoms with Gasteiger partial charge >= 0.3 is 0 Å². The van der Waals surface area contributed by atoms with Crippen molar-refractivity contribution in [2.45, 2.75) is 45.6 Å².